The summed E-state index contributed by atoms with van der Waals surface area (Å²) in [6.07, 6.45) is 1.23. The van der Waals surface area contributed by atoms with E-state index in [9.17, 15) is 4.39 Å². The maximum Gasteiger partial charge on any atom is 0.124 e. The lowest BCUT2D eigenvalue weighted by Gasteiger charge is -2.15. The summed E-state index contributed by atoms with van der Waals surface area (Å²) in [5.74, 6) is 0.474. The van der Waals surface area contributed by atoms with E-state index in [2.05, 4.69) is 19.2 Å². The van der Waals surface area contributed by atoms with Gasteiger partial charge in [0, 0.05) is 17.1 Å². The molecule has 1 N–H and O–H groups in total. The Morgan fingerprint density at radius 3 is 2.73 bits per heavy atom. The summed E-state index contributed by atoms with van der Waals surface area (Å²) >= 11 is 5.98. The van der Waals surface area contributed by atoms with E-state index in [1.807, 2.05) is 0 Å². The Hall–Kier alpha value is -0.600. The van der Waals surface area contributed by atoms with E-state index in [1.54, 1.807) is 6.07 Å². The minimum Gasteiger partial charge on any atom is -0.307 e. The first-order chi connectivity index (χ1) is 7.08. The molecule has 0 heterocycles. The molecule has 3 unspecified atom stereocenters. The fourth-order valence-electron chi connectivity index (χ4n) is 1.82. The van der Waals surface area contributed by atoms with Gasteiger partial charge in [-0.3, -0.25) is 0 Å². The average Bonchev–Trinajstić information content (AvgIpc) is 2.81. The van der Waals surface area contributed by atoms with Crippen LogP contribution in [0.15, 0.2) is 18.2 Å². The molecule has 1 aliphatic carbocycles. The van der Waals surface area contributed by atoms with E-state index < -0.39 is 0 Å². The minimum absolute atomic E-state index is 0.188. The molecule has 0 saturated heterocycles. The third kappa shape index (κ3) is 2.50. The van der Waals surface area contributed by atoms with E-state index in [0.29, 0.717) is 11.1 Å². The topological polar surface area (TPSA) is 12.0 Å². The van der Waals surface area contributed by atoms with Crippen molar-refractivity contribution in [2.75, 3.05) is 0 Å². The van der Waals surface area contributed by atoms with Crippen LogP contribution in [0.1, 0.15) is 31.9 Å². The molecule has 1 fully saturated rings. The van der Waals surface area contributed by atoms with Crippen molar-refractivity contribution >= 4 is 11.6 Å². The van der Waals surface area contributed by atoms with Gasteiger partial charge in [0.1, 0.15) is 5.82 Å². The fraction of sp³-hybridized carbons (Fsp3) is 0.500. The molecule has 0 spiro atoms. The van der Waals surface area contributed by atoms with Gasteiger partial charge in [-0.25, -0.2) is 4.39 Å². The monoisotopic (exact) mass is 227 g/mol. The predicted molar refractivity (Wildman–Crippen MR) is 60.5 cm³/mol. The lowest BCUT2D eigenvalue weighted by Crippen LogP contribution is -2.22. The van der Waals surface area contributed by atoms with E-state index in [-0.39, 0.29) is 11.9 Å². The highest BCUT2D eigenvalue weighted by Gasteiger charge is 2.33. The van der Waals surface area contributed by atoms with Crippen molar-refractivity contribution in [3.63, 3.8) is 0 Å². The second-order valence-corrected chi connectivity index (χ2v) is 4.78. The Morgan fingerprint density at radius 1 is 1.53 bits per heavy atom. The summed E-state index contributed by atoms with van der Waals surface area (Å²) in [7, 11) is 0. The van der Waals surface area contributed by atoms with Gasteiger partial charge in [0.15, 0.2) is 0 Å². The first-order valence-electron chi connectivity index (χ1n) is 5.29. The molecule has 0 bridgehead atoms. The van der Waals surface area contributed by atoms with E-state index in [4.69, 9.17) is 11.6 Å². The molecule has 82 valence electrons. The van der Waals surface area contributed by atoms with Crippen LogP contribution in [0.3, 0.4) is 0 Å². The maximum absolute atomic E-state index is 12.8. The zero-order valence-corrected chi connectivity index (χ0v) is 9.68. The molecule has 0 aromatic heterocycles. The SMILES string of the molecule is CC(NC1CC1C)c1ccc(F)cc1Cl. The molecule has 1 saturated carbocycles. The first-order valence-corrected chi connectivity index (χ1v) is 5.66. The lowest BCUT2D eigenvalue weighted by molar-refractivity contribution is 0.550. The van der Waals surface area contributed by atoms with Crippen molar-refractivity contribution in [1.29, 1.82) is 0 Å². The smallest absolute Gasteiger partial charge is 0.124 e. The van der Waals surface area contributed by atoms with Crippen LogP contribution in [0.4, 0.5) is 4.39 Å². The highest BCUT2D eigenvalue weighted by molar-refractivity contribution is 6.31. The fourth-order valence-corrected chi connectivity index (χ4v) is 2.15. The highest BCUT2D eigenvalue weighted by Crippen LogP contribution is 2.33. The third-order valence-electron chi connectivity index (χ3n) is 3.00. The van der Waals surface area contributed by atoms with Crippen LogP contribution in [-0.2, 0) is 0 Å². The normalized spacial score (nSPS) is 26.4. The van der Waals surface area contributed by atoms with Gasteiger partial charge in [-0.1, -0.05) is 24.6 Å². The summed E-state index contributed by atoms with van der Waals surface area (Å²) in [5, 5.41) is 3.98. The molecule has 3 heteroatoms. The molecule has 0 aliphatic heterocycles. The van der Waals surface area contributed by atoms with Crippen molar-refractivity contribution in [3.05, 3.63) is 34.6 Å². The number of benzene rings is 1. The van der Waals surface area contributed by atoms with Gasteiger partial charge in [-0.05, 0) is 37.0 Å². The van der Waals surface area contributed by atoms with Gasteiger partial charge in [0.2, 0.25) is 0 Å². The van der Waals surface area contributed by atoms with Crippen molar-refractivity contribution in [1.82, 2.24) is 5.32 Å². The molecule has 15 heavy (non-hydrogen) atoms. The van der Waals surface area contributed by atoms with E-state index in [1.165, 1.54) is 18.6 Å². The molecule has 1 aromatic rings. The number of nitrogens with one attached hydrogen (secondary N) is 1. The summed E-state index contributed by atoms with van der Waals surface area (Å²) in [6.45, 7) is 4.28. The largest absolute Gasteiger partial charge is 0.307 e. The molecule has 2 rings (SSSR count). The molecular weight excluding hydrogens is 213 g/mol. The first kappa shape index (κ1) is 10.9. The predicted octanol–water partition coefficient (Wildman–Crippen LogP) is 3.54. The summed E-state index contributed by atoms with van der Waals surface area (Å²) in [5.41, 5.74) is 0.970. The van der Waals surface area contributed by atoms with Crippen LogP contribution >= 0.6 is 11.6 Å². The quantitative estimate of drug-likeness (QED) is 0.833. The van der Waals surface area contributed by atoms with Crippen molar-refractivity contribution < 1.29 is 4.39 Å². The standard InChI is InChI=1S/C12H15ClFN/c1-7-5-12(7)15-8(2)10-4-3-9(14)6-11(10)13/h3-4,6-8,12,15H,5H2,1-2H3. The maximum atomic E-state index is 12.8. The van der Waals surface area contributed by atoms with Crippen LogP contribution in [-0.4, -0.2) is 6.04 Å². The Labute approximate surface area is 94.6 Å². The molecule has 1 aliphatic rings. The molecule has 1 nitrogen and oxygen atoms in total. The number of hydrogen-bond acceptors (Lipinski definition) is 1. The van der Waals surface area contributed by atoms with Crippen molar-refractivity contribution in [3.8, 4) is 0 Å². The Kier molecular flexibility index (Phi) is 2.98. The van der Waals surface area contributed by atoms with Crippen LogP contribution in [0.2, 0.25) is 5.02 Å². The average molecular weight is 228 g/mol. The zero-order valence-electron chi connectivity index (χ0n) is 8.93. The van der Waals surface area contributed by atoms with Gasteiger partial charge in [-0.2, -0.15) is 0 Å². The highest BCUT2D eigenvalue weighted by atomic mass is 35.5. The molecule has 3 atom stereocenters. The zero-order chi connectivity index (χ0) is 11.0. The minimum atomic E-state index is -0.282. The number of hydrogen-bond donors (Lipinski definition) is 1. The molecule has 0 amide bonds. The van der Waals surface area contributed by atoms with Gasteiger partial charge < -0.3 is 5.32 Å². The van der Waals surface area contributed by atoms with Gasteiger partial charge in [0.05, 0.1) is 0 Å². The number of rotatable bonds is 3. The van der Waals surface area contributed by atoms with Gasteiger partial charge in [-0.15, -0.1) is 0 Å². The van der Waals surface area contributed by atoms with Gasteiger partial charge >= 0.3 is 0 Å². The Bertz CT molecular complexity index is 367. The molecular formula is C12H15ClFN. The third-order valence-corrected chi connectivity index (χ3v) is 3.33. The second kappa shape index (κ2) is 4.11. The second-order valence-electron chi connectivity index (χ2n) is 4.37. The summed E-state index contributed by atoms with van der Waals surface area (Å²) < 4.78 is 12.8. The van der Waals surface area contributed by atoms with Crippen LogP contribution in [0.25, 0.3) is 0 Å². The van der Waals surface area contributed by atoms with Crippen molar-refractivity contribution in [2.45, 2.75) is 32.4 Å². The Morgan fingerprint density at radius 2 is 2.20 bits per heavy atom. The van der Waals surface area contributed by atoms with E-state index in [0.717, 1.165) is 11.5 Å². The molecule has 1 aromatic carbocycles. The lowest BCUT2D eigenvalue weighted by atomic mass is 10.1. The summed E-state index contributed by atoms with van der Waals surface area (Å²) in [4.78, 5) is 0. The number of halogens is 2. The van der Waals surface area contributed by atoms with Crippen molar-refractivity contribution in [2.24, 2.45) is 5.92 Å². The van der Waals surface area contributed by atoms with Gasteiger partial charge in [0.25, 0.3) is 0 Å². The summed E-state index contributed by atoms with van der Waals surface area (Å²) in [6, 6.07) is 5.36. The van der Waals surface area contributed by atoms with Crippen LogP contribution in [0, 0.1) is 11.7 Å². The van der Waals surface area contributed by atoms with Crippen LogP contribution < -0.4 is 5.32 Å². The van der Waals surface area contributed by atoms with Crippen LogP contribution in [0.5, 0.6) is 0 Å². The molecule has 0 radical (unpaired) electrons. The van der Waals surface area contributed by atoms with E-state index >= 15 is 0 Å². The Balaban J connectivity index is 2.07.